The molecule has 1 aromatic carbocycles. The first-order valence-electron chi connectivity index (χ1n) is 7.67. The van der Waals surface area contributed by atoms with Crippen LogP contribution in [-0.4, -0.2) is 43.8 Å². The molecule has 1 heterocycles. The maximum absolute atomic E-state index is 12.5. The van der Waals surface area contributed by atoms with Gasteiger partial charge in [0.15, 0.2) is 0 Å². The smallest absolute Gasteiger partial charge is 0.223 e. The Morgan fingerprint density at radius 1 is 1.33 bits per heavy atom. The highest BCUT2D eigenvalue weighted by Gasteiger charge is 2.31. The summed E-state index contributed by atoms with van der Waals surface area (Å²) in [5.74, 6) is 0.218. The minimum Gasteiger partial charge on any atom is -0.385 e. The lowest BCUT2D eigenvalue weighted by Crippen LogP contribution is -2.46. The van der Waals surface area contributed by atoms with Gasteiger partial charge in [-0.05, 0) is 25.3 Å². The zero-order chi connectivity index (χ0) is 15.1. The molecule has 1 aromatic rings. The molecule has 0 spiro atoms. The van der Waals surface area contributed by atoms with Gasteiger partial charge in [-0.25, -0.2) is 0 Å². The van der Waals surface area contributed by atoms with Crippen molar-refractivity contribution in [1.29, 1.82) is 0 Å². The molecule has 0 saturated carbocycles. The molecule has 1 fully saturated rings. The van der Waals surface area contributed by atoms with Gasteiger partial charge in [0.25, 0.3) is 0 Å². The van der Waals surface area contributed by atoms with Gasteiger partial charge in [0.1, 0.15) is 0 Å². The number of benzene rings is 1. The summed E-state index contributed by atoms with van der Waals surface area (Å²) in [4.78, 5) is 14.5. The molecule has 2 rings (SSSR count). The van der Waals surface area contributed by atoms with E-state index in [4.69, 9.17) is 9.47 Å². The summed E-state index contributed by atoms with van der Waals surface area (Å²) in [6.45, 7) is 3.99. The van der Waals surface area contributed by atoms with Crippen LogP contribution in [0.2, 0.25) is 0 Å². The van der Waals surface area contributed by atoms with Gasteiger partial charge in [0.05, 0.1) is 18.8 Å². The molecule has 1 aliphatic rings. The van der Waals surface area contributed by atoms with Crippen LogP contribution in [-0.2, 0) is 14.3 Å². The molecule has 21 heavy (non-hydrogen) atoms. The molecule has 1 saturated heterocycles. The average Bonchev–Trinajstić information content (AvgIpc) is 2.52. The zero-order valence-corrected chi connectivity index (χ0v) is 13.0. The number of hydrogen-bond acceptors (Lipinski definition) is 3. The van der Waals surface area contributed by atoms with Crippen molar-refractivity contribution in [2.24, 2.45) is 0 Å². The van der Waals surface area contributed by atoms with E-state index in [-0.39, 0.29) is 18.1 Å². The molecule has 0 unspecified atom stereocenters. The van der Waals surface area contributed by atoms with Crippen LogP contribution >= 0.6 is 0 Å². The van der Waals surface area contributed by atoms with Crippen molar-refractivity contribution in [3.05, 3.63) is 35.9 Å². The van der Waals surface area contributed by atoms with Crippen molar-refractivity contribution in [3.63, 3.8) is 0 Å². The lowest BCUT2D eigenvalue weighted by Gasteiger charge is -2.39. The van der Waals surface area contributed by atoms with Crippen LogP contribution in [0.4, 0.5) is 0 Å². The van der Waals surface area contributed by atoms with E-state index in [1.807, 2.05) is 30.0 Å². The Balaban J connectivity index is 2.00. The fraction of sp³-hybridized carbons (Fsp3) is 0.588. The summed E-state index contributed by atoms with van der Waals surface area (Å²) < 4.78 is 10.8. The van der Waals surface area contributed by atoms with Gasteiger partial charge in [-0.2, -0.15) is 0 Å². The Morgan fingerprint density at radius 2 is 2.10 bits per heavy atom. The van der Waals surface area contributed by atoms with Crippen LogP contribution in [0, 0.1) is 0 Å². The highest BCUT2D eigenvalue weighted by molar-refractivity contribution is 5.76. The number of ether oxygens (including phenoxy) is 2. The van der Waals surface area contributed by atoms with E-state index in [0.29, 0.717) is 19.6 Å². The van der Waals surface area contributed by atoms with Crippen molar-refractivity contribution < 1.29 is 14.3 Å². The summed E-state index contributed by atoms with van der Waals surface area (Å²) in [7, 11) is 1.69. The van der Waals surface area contributed by atoms with Crippen LogP contribution in [0.3, 0.4) is 0 Å². The minimum absolute atomic E-state index is 0.0392. The molecule has 1 aliphatic heterocycles. The molecule has 4 heteroatoms. The van der Waals surface area contributed by atoms with E-state index in [2.05, 4.69) is 12.1 Å². The fourth-order valence-electron chi connectivity index (χ4n) is 2.70. The zero-order valence-electron chi connectivity index (χ0n) is 13.0. The van der Waals surface area contributed by atoms with Crippen molar-refractivity contribution >= 4 is 5.91 Å². The van der Waals surface area contributed by atoms with Crippen LogP contribution in [0.5, 0.6) is 0 Å². The normalized spacial score (nSPS) is 22.3. The third kappa shape index (κ3) is 4.55. The third-order valence-corrected chi connectivity index (χ3v) is 3.86. The largest absolute Gasteiger partial charge is 0.385 e. The molecule has 116 valence electrons. The van der Waals surface area contributed by atoms with Crippen molar-refractivity contribution in [2.45, 2.75) is 38.3 Å². The Morgan fingerprint density at radius 3 is 2.81 bits per heavy atom. The Kier molecular flexibility index (Phi) is 6.21. The third-order valence-electron chi connectivity index (χ3n) is 3.86. The Bertz CT molecular complexity index is 435. The van der Waals surface area contributed by atoms with E-state index in [9.17, 15) is 4.79 Å². The lowest BCUT2D eigenvalue weighted by atomic mass is 10.0. The van der Waals surface area contributed by atoms with Crippen molar-refractivity contribution in [2.75, 3.05) is 26.9 Å². The van der Waals surface area contributed by atoms with Crippen molar-refractivity contribution in [1.82, 2.24) is 4.90 Å². The number of unbranched alkanes of at least 4 members (excludes halogenated alkanes) is 1. The first kappa shape index (κ1) is 16.0. The van der Waals surface area contributed by atoms with Crippen molar-refractivity contribution in [3.8, 4) is 0 Å². The Hall–Kier alpha value is -1.39. The van der Waals surface area contributed by atoms with Gasteiger partial charge < -0.3 is 14.4 Å². The van der Waals surface area contributed by atoms with E-state index in [1.54, 1.807) is 7.11 Å². The summed E-state index contributed by atoms with van der Waals surface area (Å²) in [5.41, 5.74) is 1.15. The highest BCUT2D eigenvalue weighted by atomic mass is 16.5. The van der Waals surface area contributed by atoms with Gasteiger partial charge in [-0.3, -0.25) is 4.79 Å². The van der Waals surface area contributed by atoms with Crippen LogP contribution in [0.1, 0.15) is 37.8 Å². The predicted octanol–water partition coefficient (Wildman–Crippen LogP) is 2.79. The number of carbonyl (C=O) groups excluding carboxylic acids is 1. The number of morpholine rings is 1. The second kappa shape index (κ2) is 8.15. The van der Waals surface area contributed by atoms with Gasteiger partial charge in [-0.15, -0.1) is 0 Å². The lowest BCUT2D eigenvalue weighted by molar-refractivity contribution is -0.144. The summed E-state index contributed by atoms with van der Waals surface area (Å²) in [6, 6.07) is 10.2. The number of nitrogens with zero attached hydrogens (tertiary/aromatic N) is 1. The first-order chi connectivity index (χ1) is 10.2. The monoisotopic (exact) mass is 291 g/mol. The van der Waals surface area contributed by atoms with Gasteiger partial charge in [-0.1, -0.05) is 30.3 Å². The molecule has 0 aromatic heterocycles. The maximum Gasteiger partial charge on any atom is 0.223 e. The molecular weight excluding hydrogens is 266 g/mol. The molecule has 0 radical (unpaired) electrons. The van der Waals surface area contributed by atoms with Gasteiger partial charge in [0, 0.05) is 26.7 Å². The highest BCUT2D eigenvalue weighted by Crippen LogP contribution is 2.27. The summed E-state index contributed by atoms with van der Waals surface area (Å²) in [6.07, 6.45) is 2.49. The second-order valence-electron chi connectivity index (χ2n) is 5.57. The Labute approximate surface area is 127 Å². The molecule has 2 atom stereocenters. The SMILES string of the molecule is COCCCCC(=O)N1C[C@H](C)OC[C@H]1c1ccccc1. The van der Waals surface area contributed by atoms with E-state index >= 15 is 0 Å². The van der Waals surface area contributed by atoms with Gasteiger partial charge >= 0.3 is 0 Å². The second-order valence-corrected chi connectivity index (χ2v) is 5.57. The van der Waals surface area contributed by atoms with Gasteiger partial charge in [0.2, 0.25) is 5.91 Å². The first-order valence-corrected chi connectivity index (χ1v) is 7.67. The van der Waals surface area contributed by atoms with Crippen LogP contribution in [0.15, 0.2) is 30.3 Å². The van der Waals surface area contributed by atoms with E-state index in [1.165, 1.54) is 0 Å². The fourth-order valence-corrected chi connectivity index (χ4v) is 2.70. The van der Waals surface area contributed by atoms with E-state index in [0.717, 1.165) is 25.0 Å². The maximum atomic E-state index is 12.5. The molecule has 0 N–H and O–H groups in total. The quantitative estimate of drug-likeness (QED) is 0.757. The topological polar surface area (TPSA) is 38.8 Å². The molecule has 0 aliphatic carbocycles. The van der Waals surface area contributed by atoms with Crippen LogP contribution < -0.4 is 0 Å². The molecule has 4 nitrogen and oxygen atoms in total. The number of hydrogen-bond donors (Lipinski definition) is 0. The standard InChI is InChI=1S/C17H25NO3/c1-14-12-18(17(19)10-6-7-11-20-2)16(13-21-14)15-8-4-3-5-9-15/h3-5,8-9,14,16H,6-7,10-13H2,1-2H3/t14-,16-/m0/s1. The summed E-state index contributed by atoms with van der Waals surface area (Å²) in [5, 5.41) is 0. The molecule has 0 bridgehead atoms. The molecule has 1 amide bonds. The number of amides is 1. The average molecular weight is 291 g/mol. The van der Waals surface area contributed by atoms with Crippen LogP contribution in [0.25, 0.3) is 0 Å². The number of rotatable bonds is 6. The minimum atomic E-state index is 0.0392. The summed E-state index contributed by atoms with van der Waals surface area (Å²) >= 11 is 0. The number of methoxy groups -OCH3 is 1. The number of carbonyl (C=O) groups is 1. The molecular formula is C17H25NO3. The predicted molar refractivity (Wildman–Crippen MR) is 82.0 cm³/mol. The van der Waals surface area contributed by atoms with E-state index < -0.39 is 0 Å².